The van der Waals surface area contributed by atoms with Crippen LogP contribution in [-0.2, 0) is 0 Å². The Kier molecular flexibility index (Phi) is 4.84. The maximum absolute atomic E-state index is 6.22. The van der Waals surface area contributed by atoms with E-state index in [9.17, 15) is 0 Å². The lowest BCUT2D eigenvalue weighted by atomic mass is 10.0. The fourth-order valence-corrected chi connectivity index (χ4v) is 2.28. The molecule has 1 rings (SSSR count). The summed E-state index contributed by atoms with van der Waals surface area (Å²) >= 11 is 6.22. The minimum Gasteiger partial charge on any atom is -0.384 e. The highest BCUT2D eigenvalue weighted by Crippen LogP contribution is 2.27. The van der Waals surface area contributed by atoms with Gasteiger partial charge in [0.15, 0.2) is 0 Å². The summed E-state index contributed by atoms with van der Waals surface area (Å²) < 4.78 is 0. The van der Waals surface area contributed by atoms with Gasteiger partial charge in [-0.3, -0.25) is 0 Å². The van der Waals surface area contributed by atoms with Gasteiger partial charge in [-0.2, -0.15) is 0 Å². The predicted octanol–water partition coefficient (Wildman–Crippen LogP) is 3.89. The second-order valence-electron chi connectivity index (χ2n) is 5.46. The number of benzene rings is 1. The van der Waals surface area contributed by atoms with Crippen LogP contribution in [0, 0.1) is 13.8 Å². The molecular formula is C14H23ClN2. The molecular weight excluding hydrogens is 232 g/mol. The number of anilines is 1. The number of hydrogen-bond donors (Lipinski definition) is 2. The van der Waals surface area contributed by atoms with Crippen molar-refractivity contribution in [2.75, 3.05) is 11.9 Å². The number of nitrogens with one attached hydrogen (secondary N) is 1. The van der Waals surface area contributed by atoms with Crippen molar-refractivity contribution in [2.24, 2.45) is 5.73 Å². The number of nitrogens with two attached hydrogens (primary N) is 1. The Bertz CT molecular complexity index is 357. The van der Waals surface area contributed by atoms with Crippen molar-refractivity contribution in [1.82, 2.24) is 0 Å². The zero-order valence-corrected chi connectivity index (χ0v) is 12.0. The first-order chi connectivity index (χ1) is 7.79. The van der Waals surface area contributed by atoms with E-state index < -0.39 is 0 Å². The van der Waals surface area contributed by atoms with Crippen molar-refractivity contribution < 1.29 is 0 Å². The first-order valence-corrected chi connectivity index (χ1v) is 6.47. The number of rotatable bonds is 5. The van der Waals surface area contributed by atoms with Crippen molar-refractivity contribution >= 4 is 17.3 Å². The summed E-state index contributed by atoms with van der Waals surface area (Å²) in [5.41, 5.74) is 9.29. The van der Waals surface area contributed by atoms with Crippen molar-refractivity contribution in [3.05, 3.63) is 28.3 Å². The van der Waals surface area contributed by atoms with Gasteiger partial charge < -0.3 is 11.1 Å². The third-order valence-corrected chi connectivity index (χ3v) is 3.03. The maximum atomic E-state index is 6.22. The second kappa shape index (κ2) is 5.74. The summed E-state index contributed by atoms with van der Waals surface area (Å²) in [4.78, 5) is 0. The summed E-state index contributed by atoms with van der Waals surface area (Å²) in [5.74, 6) is 0. The van der Waals surface area contributed by atoms with Crippen LogP contribution in [-0.4, -0.2) is 12.1 Å². The van der Waals surface area contributed by atoms with Gasteiger partial charge in [0, 0.05) is 12.1 Å². The highest BCUT2D eigenvalue weighted by molar-refractivity contribution is 6.33. The molecule has 1 aromatic carbocycles. The number of aryl methyl sites for hydroxylation is 2. The van der Waals surface area contributed by atoms with Gasteiger partial charge in [0.2, 0.25) is 0 Å². The number of hydrogen-bond acceptors (Lipinski definition) is 2. The van der Waals surface area contributed by atoms with Crippen LogP contribution in [0.3, 0.4) is 0 Å². The summed E-state index contributed by atoms with van der Waals surface area (Å²) in [7, 11) is 0. The smallest absolute Gasteiger partial charge is 0.0642 e. The summed E-state index contributed by atoms with van der Waals surface area (Å²) in [6.07, 6.45) is 2.05. The van der Waals surface area contributed by atoms with Crippen molar-refractivity contribution in [3.63, 3.8) is 0 Å². The van der Waals surface area contributed by atoms with E-state index in [2.05, 4.69) is 39.1 Å². The van der Waals surface area contributed by atoms with Crippen molar-refractivity contribution in [1.29, 1.82) is 0 Å². The molecule has 1 aromatic rings. The zero-order chi connectivity index (χ0) is 13.1. The Morgan fingerprint density at radius 3 is 2.47 bits per heavy atom. The lowest BCUT2D eigenvalue weighted by Gasteiger charge is -2.19. The monoisotopic (exact) mass is 254 g/mol. The van der Waals surface area contributed by atoms with Crippen LogP contribution in [0.5, 0.6) is 0 Å². The van der Waals surface area contributed by atoms with Gasteiger partial charge >= 0.3 is 0 Å². The standard InChI is InChI=1S/C14H23ClN2/c1-10-8-11(2)13(12(15)9-10)17-7-5-6-14(3,4)16/h8-9,17H,5-7,16H2,1-4H3. The Morgan fingerprint density at radius 2 is 1.94 bits per heavy atom. The van der Waals surface area contributed by atoms with Gasteiger partial charge in [-0.05, 0) is 57.7 Å². The molecule has 0 radical (unpaired) electrons. The third kappa shape index (κ3) is 4.97. The summed E-state index contributed by atoms with van der Waals surface area (Å²) in [5, 5.41) is 4.19. The Balaban J connectivity index is 2.53. The molecule has 17 heavy (non-hydrogen) atoms. The van der Waals surface area contributed by atoms with E-state index in [1.165, 1.54) is 11.1 Å². The van der Waals surface area contributed by atoms with Crippen LogP contribution in [0.2, 0.25) is 5.02 Å². The lowest BCUT2D eigenvalue weighted by Crippen LogP contribution is -2.32. The van der Waals surface area contributed by atoms with E-state index in [0.717, 1.165) is 30.1 Å². The van der Waals surface area contributed by atoms with Gasteiger partial charge in [0.25, 0.3) is 0 Å². The first-order valence-electron chi connectivity index (χ1n) is 6.09. The topological polar surface area (TPSA) is 38.0 Å². The Morgan fingerprint density at radius 1 is 1.29 bits per heavy atom. The second-order valence-corrected chi connectivity index (χ2v) is 5.86. The molecule has 0 heterocycles. The molecule has 0 spiro atoms. The fraction of sp³-hybridized carbons (Fsp3) is 0.571. The van der Waals surface area contributed by atoms with Gasteiger partial charge in [-0.1, -0.05) is 17.7 Å². The SMILES string of the molecule is Cc1cc(C)c(NCCCC(C)(C)N)c(Cl)c1. The lowest BCUT2D eigenvalue weighted by molar-refractivity contribution is 0.465. The molecule has 0 aliphatic rings. The van der Waals surface area contributed by atoms with Crippen LogP contribution in [0.1, 0.15) is 37.8 Å². The molecule has 0 unspecified atom stereocenters. The van der Waals surface area contributed by atoms with Gasteiger partial charge in [0.05, 0.1) is 10.7 Å². The van der Waals surface area contributed by atoms with E-state index in [1.807, 2.05) is 6.07 Å². The summed E-state index contributed by atoms with van der Waals surface area (Å²) in [6, 6.07) is 4.13. The molecule has 0 aliphatic carbocycles. The summed E-state index contributed by atoms with van der Waals surface area (Å²) in [6.45, 7) is 9.14. The minimum absolute atomic E-state index is 0.0895. The van der Waals surface area contributed by atoms with Crippen molar-refractivity contribution in [3.8, 4) is 0 Å². The molecule has 2 nitrogen and oxygen atoms in total. The van der Waals surface area contributed by atoms with Crippen LogP contribution >= 0.6 is 11.6 Å². The van der Waals surface area contributed by atoms with E-state index in [-0.39, 0.29) is 5.54 Å². The van der Waals surface area contributed by atoms with Crippen molar-refractivity contribution in [2.45, 2.75) is 46.1 Å². The molecule has 3 heteroatoms. The quantitative estimate of drug-likeness (QED) is 0.783. The van der Waals surface area contributed by atoms with Gasteiger partial charge in [-0.25, -0.2) is 0 Å². The Hall–Kier alpha value is -0.730. The molecule has 3 N–H and O–H groups in total. The van der Waals surface area contributed by atoms with Gasteiger partial charge in [-0.15, -0.1) is 0 Å². The molecule has 96 valence electrons. The van der Waals surface area contributed by atoms with E-state index in [4.69, 9.17) is 17.3 Å². The highest BCUT2D eigenvalue weighted by Gasteiger charge is 2.10. The molecule has 0 saturated heterocycles. The van der Waals surface area contributed by atoms with E-state index >= 15 is 0 Å². The minimum atomic E-state index is -0.0895. The zero-order valence-electron chi connectivity index (χ0n) is 11.2. The molecule has 0 amide bonds. The molecule has 0 aliphatic heterocycles. The molecule has 0 bridgehead atoms. The fourth-order valence-electron chi connectivity index (χ4n) is 1.90. The average Bonchev–Trinajstić information content (AvgIpc) is 2.13. The average molecular weight is 255 g/mol. The van der Waals surface area contributed by atoms with E-state index in [0.29, 0.717) is 0 Å². The normalized spacial score (nSPS) is 11.6. The molecule has 0 fully saturated rings. The Labute approximate surface area is 110 Å². The third-order valence-electron chi connectivity index (χ3n) is 2.73. The van der Waals surface area contributed by atoms with Gasteiger partial charge in [0.1, 0.15) is 0 Å². The molecule has 0 aromatic heterocycles. The number of halogens is 1. The molecule has 0 atom stereocenters. The van der Waals surface area contributed by atoms with E-state index in [1.54, 1.807) is 0 Å². The maximum Gasteiger partial charge on any atom is 0.0642 e. The highest BCUT2D eigenvalue weighted by atomic mass is 35.5. The van der Waals surface area contributed by atoms with Crippen LogP contribution < -0.4 is 11.1 Å². The van der Waals surface area contributed by atoms with Crippen LogP contribution in [0.15, 0.2) is 12.1 Å². The largest absolute Gasteiger partial charge is 0.384 e. The van der Waals surface area contributed by atoms with Crippen LogP contribution in [0.25, 0.3) is 0 Å². The molecule has 0 saturated carbocycles. The van der Waals surface area contributed by atoms with Crippen LogP contribution in [0.4, 0.5) is 5.69 Å². The predicted molar refractivity (Wildman–Crippen MR) is 76.9 cm³/mol. The first kappa shape index (κ1) is 14.3.